The third-order valence-electron chi connectivity index (χ3n) is 4.19. The van der Waals surface area contributed by atoms with Crippen molar-refractivity contribution in [1.82, 2.24) is 19.9 Å². The number of hydrogen-bond donors (Lipinski definition) is 2. The second kappa shape index (κ2) is 5.77. The zero-order chi connectivity index (χ0) is 16.5. The average molecular weight is 315 g/mol. The monoisotopic (exact) mass is 315 g/mol. The maximum atomic E-state index is 5.72. The fourth-order valence-electron chi connectivity index (χ4n) is 3.00. The van der Waals surface area contributed by atoms with Crippen LogP contribution in [0.15, 0.2) is 55.0 Å². The van der Waals surface area contributed by atoms with Gasteiger partial charge in [0.1, 0.15) is 5.65 Å². The van der Waals surface area contributed by atoms with Crippen LogP contribution < -0.4 is 5.73 Å². The molecule has 0 saturated carbocycles. The quantitative estimate of drug-likeness (QED) is 0.602. The van der Waals surface area contributed by atoms with Crippen molar-refractivity contribution in [3.8, 4) is 22.4 Å². The molecule has 24 heavy (non-hydrogen) atoms. The van der Waals surface area contributed by atoms with Gasteiger partial charge in [-0.1, -0.05) is 31.2 Å². The van der Waals surface area contributed by atoms with E-state index in [0.717, 1.165) is 34.3 Å². The molecular formula is C19H17N5. The Morgan fingerprint density at radius 1 is 1.08 bits per heavy atom. The summed E-state index contributed by atoms with van der Waals surface area (Å²) in [7, 11) is 0. The Morgan fingerprint density at radius 3 is 2.79 bits per heavy atom. The van der Waals surface area contributed by atoms with Crippen molar-refractivity contribution in [3.05, 3.63) is 60.6 Å². The van der Waals surface area contributed by atoms with Gasteiger partial charge in [-0.2, -0.15) is 0 Å². The average Bonchev–Trinajstić information content (AvgIpc) is 3.05. The molecule has 4 aromatic rings. The van der Waals surface area contributed by atoms with Crippen molar-refractivity contribution in [2.45, 2.75) is 13.3 Å². The Labute approximate surface area is 139 Å². The van der Waals surface area contributed by atoms with Gasteiger partial charge >= 0.3 is 0 Å². The topological polar surface area (TPSA) is 80.5 Å². The summed E-state index contributed by atoms with van der Waals surface area (Å²) in [4.78, 5) is 16.1. The predicted octanol–water partition coefficient (Wildman–Crippen LogP) is 3.83. The number of fused-ring (bicyclic) bond motifs is 1. The highest BCUT2D eigenvalue weighted by atomic mass is 15.0. The van der Waals surface area contributed by atoms with Gasteiger partial charge in [0.25, 0.3) is 0 Å². The maximum absolute atomic E-state index is 5.72. The van der Waals surface area contributed by atoms with Crippen LogP contribution in [0.1, 0.15) is 12.5 Å². The van der Waals surface area contributed by atoms with E-state index >= 15 is 0 Å². The van der Waals surface area contributed by atoms with Gasteiger partial charge in [-0.3, -0.25) is 0 Å². The number of H-pyrrole nitrogens is 1. The van der Waals surface area contributed by atoms with Crippen LogP contribution in [0.25, 0.3) is 33.4 Å². The molecule has 5 heteroatoms. The lowest BCUT2D eigenvalue weighted by atomic mass is 9.98. The van der Waals surface area contributed by atoms with Gasteiger partial charge in [0, 0.05) is 35.1 Å². The van der Waals surface area contributed by atoms with Crippen LogP contribution in [0.4, 0.5) is 5.95 Å². The summed E-state index contributed by atoms with van der Waals surface area (Å²) in [5.74, 6) is 0.266. The Hall–Kier alpha value is -3.21. The van der Waals surface area contributed by atoms with E-state index in [0.29, 0.717) is 0 Å². The first-order valence-electron chi connectivity index (χ1n) is 7.90. The molecule has 0 amide bonds. The highest BCUT2D eigenvalue weighted by Crippen LogP contribution is 2.31. The first-order chi connectivity index (χ1) is 11.8. The molecule has 3 aromatic heterocycles. The van der Waals surface area contributed by atoms with Crippen molar-refractivity contribution < 1.29 is 0 Å². The number of pyridine rings is 1. The number of aromatic amines is 1. The van der Waals surface area contributed by atoms with E-state index in [9.17, 15) is 0 Å². The van der Waals surface area contributed by atoms with Crippen molar-refractivity contribution in [3.63, 3.8) is 0 Å². The molecule has 1 aromatic carbocycles. The van der Waals surface area contributed by atoms with Crippen LogP contribution in [0.5, 0.6) is 0 Å². The standard InChI is InChI=1S/C19H17N5/c1-2-12-5-3-4-6-14(12)13-9-15-16(11-23-18(15)22-10-13)17-7-8-21-19(20)24-17/h3-11H,2H2,1H3,(H,22,23)(H2,20,21,24). The lowest BCUT2D eigenvalue weighted by molar-refractivity contribution is 1.14. The lowest BCUT2D eigenvalue weighted by Gasteiger charge is -2.08. The Bertz CT molecular complexity index is 1020. The number of anilines is 1. The summed E-state index contributed by atoms with van der Waals surface area (Å²) in [5, 5.41) is 1.02. The number of aromatic nitrogens is 4. The second-order valence-corrected chi connectivity index (χ2v) is 5.63. The molecule has 4 rings (SSSR count). The first-order valence-corrected chi connectivity index (χ1v) is 7.90. The molecule has 0 saturated heterocycles. The number of nitrogens with two attached hydrogens (primary N) is 1. The van der Waals surface area contributed by atoms with E-state index in [1.54, 1.807) is 6.20 Å². The van der Waals surface area contributed by atoms with Crippen molar-refractivity contribution in [2.24, 2.45) is 0 Å². The second-order valence-electron chi connectivity index (χ2n) is 5.63. The Kier molecular flexibility index (Phi) is 3.46. The molecule has 0 radical (unpaired) electrons. The molecule has 0 atom stereocenters. The summed E-state index contributed by atoms with van der Waals surface area (Å²) < 4.78 is 0. The van der Waals surface area contributed by atoms with Crippen LogP contribution in [0.2, 0.25) is 0 Å². The fourth-order valence-corrected chi connectivity index (χ4v) is 3.00. The first kappa shape index (κ1) is 14.4. The summed E-state index contributed by atoms with van der Waals surface area (Å²) in [6.07, 6.45) is 6.47. The fraction of sp³-hybridized carbons (Fsp3) is 0.105. The van der Waals surface area contributed by atoms with Crippen LogP contribution in [0, 0.1) is 0 Å². The van der Waals surface area contributed by atoms with E-state index in [1.165, 1.54) is 11.1 Å². The van der Waals surface area contributed by atoms with Gasteiger partial charge < -0.3 is 10.7 Å². The number of nitrogen functional groups attached to an aromatic ring is 1. The zero-order valence-corrected chi connectivity index (χ0v) is 13.3. The van der Waals surface area contributed by atoms with E-state index in [1.807, 2.05) is 18.5 Å². The van der Waals surface area contributed by atoms with Crippen LogP contribution in [-0.2, 0) is 6.42 Å². The number of hydrogen-bond acceptors (Lipinski definition) is 4. The number of rotatable bonds is 3. The maximum Gasteiger partial charge on any atom is 0.220 e. The molecule has 0 bridgehead atoms. The molecular weight excluding hydrogens is 298 g/mol. The van der Waals surface area contributed by atoms with Gasteiger partial charge in [-0.25, -0.2) is 15.0 Å². The van der Waals surface area contributed by atoms with Crippen LogP contribution in [0.3, 0.4) is 0 Å². The van der Waals surface area contributed by atoms with Gasteiger partial charge in [0.15, 0.2) is 0 Å². The number of aryl methyl sites for hydroxylation is 1. The molecule has 0 spiro atoms. The van der Waals surface area contributed by atoms with E-state index in [-0.39, 0.29) is 5.95 Å². The van der Waals surface area contributed by atoms with Crippen molar-refractivity contribution in [1.29, 1.82) is 0 Å². The summed E-state index contributed by atoms with van der Waals surface area (Å²) in [6, 6.07) is 12.4. The molecule has 5 nitrogen and oxygen atoms in total. The molecule has 118 valence electrons. The SMILES string of the molecule is CCc1ccccc1-c1cnc2[nH]cc(-c3ccnc(N)n3)c2c1. The zero-order valence-electron chi connectivity index (χ0n) is 13.3. The largest absolute Gasteiger partial charge is 0.368 e. The lowest BCUT2D eigenvalue weighted by Crippen LogP contribution is -1.94. The normalized spacial score (nSPS) is 11.0. The van der Waals surface area contributed by atoms with Crippen molar-refractivity contribution >= 4 is 17.0 Å². The molecule has 0 fully saturated rings. The summed E-state index contributed by atoms with van der Waals surface area (Å²) in [6.45, 7) is 2.16. The van der Waals surface area contributed by atoms with Gasteiger partial charge in [-0.05, 0) is 29.7 Å². The molecule has 3 heterocycles. The third-order valence-corrected chi connectivity index (χ3v) is 4.19. The molecule has 0 aliphatic carbocycles. The molecule has 0 aliphatic heterocycles. The highest BCUT2D eigenvalue weighted by molar-refractivity contribution is 5.95. The summed E-state index contributed by atoms with van der Waals surface area (Å²) >= 11 is 0. The Morgan fingerprint density at radius 2 is 1.96 bits per heavy atom. The van der Waals surface area contributed by atoms with Gasteiger partial charge in [0.2, 0.25) is 5.95 Å². The number of nitrogens with one attached hydrogen (secondary N) is 1. The van der Waals surface area contributed by atoms with E-state index in [4.69, 9.17) is 5.73 Å². The summed E-state index contributed by atoms with van der Waals surface area (Å²) in [5.41, 5.74) is 11.9. The Balaban J connectivity index is 1.90. The smallest absolute Gasteiger partial charge is 0.220 e. The molecule has 0 aliphatic rings. The van der Waals surface area contributed by atoms with Crippen LogP contribution in [-0.4, -0.2) is 19.9 Å². The minimum atomic E-state index is 0.266. The minimum absolute atomic E-state index is 0.266. The van der Waals surface area contributed by atoms with Crippen LogP contribution >= 0.6 is 0 Å². The van der Waals surface area contributed by atoms with E-state index in [2.05, 4.69) is 57.2 Å². The third kappa shape index (κ3) is 2.40. The molecule has 0 unspecified atom stereocenters. The minimum Gasteiger partial charge on any atom is -0.368 e. The number of benzene rings is 1. The van der Waals surface area contributed by atoms with Crippen molar-refractivity contribution in [2.75, 3.05) is 5.73 Å². The number of nitrogens with zero attached hydrogens (tertiary/aromatic N) is 3. The van der Waals surface area contributed by atoms with Gasteiger partial charge in [0.05, 0.1) is 5.69 Å². The predicted molar refractivity (Wildman–Crippen MR) is 96.3 cm³/mol. The highest BCUT2D eigenvalue weighted by Gasteiger charge is 2.11. The van der Waals surface area contributed by atoms with E-state index < -0.39 is 0 Å². The molecule has 3 N–H and O–H groups in total. The van der Waals surface area contributed by atoms with Gasteiger partial charge in [-0.15, -0.1) is 0 Å².